The highest BCUT2D eigenvalue weighted by Gasteiger charge is 2.53. The van der Waals surface area contributed by atoms with E-state index < -0.39 is 11.6 Å². The first-order valence-corrected chi connectivity index (χ1v) is 11.1. The minimum Gasteiger partial charge on any atom is -0.508 e. The Morgan fingerprint density at radius 3 is 1.97 bits per heavy atom. The second-order valence-electron chi connectivity index (χ2n) is 7.93. The Labute approximate surface area is 206 Å². The number of ether oxygens (including phenoxy) is 2. The second kappa shape index (κ2) is 8.66. The van der Waals surface area contributed by atoms with Crippen LogP contribution in [0.3, 0.4) is 0 Å². The monoisotopic (exact) mass is 484 g/mol. The first-order valence-electron chi connectivity index (χ1n) is 10.7. The van der Waals surface area contributed by atoms with E-state index in [0.29, 0.717) is 38.9 Å². The summed E-state index contributed by atoms with van der Waals surface area (Å²) < 4.78 is 11.8. The number of phenolic OH excluding ortho intramolecular Hbond substituents is 2. The number of hydrogen-bond acceptors (Lipinski definition) is 6. The van der Waals surface area contributed by atoms with Crippen molar-refractivity contribution < 1.29 is 24.5 Å². The van der Waals surface area contributed by atoms with Gasteiger partial charge in [-0.1, -0.05) is 36.4 Å². The fourth-order valence-electron chi connectivity index (χ4n) is 4.32. The minimum atomic E-state index is -1.17. The number of thiocarbonyl (C=S) groups is 1. The van der Waals surface area contributed by atoms with E-state index in [1.165, 1.54) is 24.3 Å². The zero-order chi connectivity index (χ0) is 24.6. The van der Waals surface area contributed by atoms with Gasteiger partial charge in [-0.3, -0.25) is 0 Å². The molecule has 8 heteroatoms. The quantitative estimate of drug-likeness (QED) is 0.220. The molecule has 6 rings (SSSR count). The van der Waals surface area contributed by atoms with Crippen LogP contribution >= 0.6 is 12.2 Å². The van der Waals surface area contributed by atoms with Crippen molar-refractivity contribution in [3.63, 3.8) is 0 Å². The first kappa shape index (κ1) is 22.2. The number of rotatable bonds is 1. The molecule has 0 unspecified atom stereocenters. The lowest BCUT2D eigenvalue weighted by atomic mass is 9.77. The summed E-state index contributed by atoms with van der Waals surface area (Å²) in [6.45, 7) is 0. The van der Waals surface area contributed by atoms with Gasteiger partial charge < -0.3 is 30.7 Å². The van der Waals surface area contributed by atoms with Crippen molar-refractivity contribution in [2.24, 2.45) is 5.73 Å². The molecule has 4 aromatic carbocycles. The summed E-state index contributed by atoms with van der Waals surface area (Å²) in [6, 6.07) is 26.2. The molecule has 2 aliphatic rings. The molecular weight excluding hydrogens is 464 g/mol. The van der Waals surface area contributed by atoms with Crippen LogP contribution in [0.25, 0.3) is 0 Å². The van der Waals surface area contributed by atoms with E-state index in [-0.39, 0.29) is 11.5 Å². The predicted molar refractivity (Wildman–Crippen MR) is 135 cm³/mol. The maximum atomic E-state index is 12.5. The summed E-state index contributed by atoms with van der Waals surface area (Å²) >= 11 is 4.64. The van der Waals surface area contributed by atoms with Crippen molar-refractivity contribution in [1.29, 1.82) is 0 Å². The van der Waals surface area contributed by atoms with Gasteiger partial charge in [0.25, 0.3) is 0 Å². The number of carbonyl (C=O) groups is 1. The summed E-state index contributed by atoms with van der Waals surface area (Å²) in [6.07, 6.45) is 0. The van der Waals surface area contributed by atoms with E-state index >= 15 is 0 Å². The fraction of sp³-hybridized carbons (Fsp3) is 0.0370. The number of phenols is 2. The van der Waals surface area contributed by atoms with E-state index in [9.17, 15) is 15.0 Å². The molecule has 0 atom stereocenters. The third-order valence-electron chi connectivity index (χ3n) is 5.72. The largest absolute Gasteiger partial charge is 0.508 e. The molecule has 0 aromatic heterocycles. The summed E-state index contributed by atoms with van der Waals surface area (Å²) in [5.74, 6) is 0.408. The molecule has 0 aliphatic carbocycles. The Bertz CT molecular complexity index is 1400. The number of anilines is 1. The molecule has 2 aliphatic heterocycles. The van der Waals surface area contributed by atoms with Crippen molar-refractivity contribution in [3.05, 3.63) is 113 Å². The molecule has 2 heterocycles. The first-order chi connectivity index (χ1) is 16.9. The average Bonchev–Trinajstić information content (AvgIpc) is 3.12. The van der Waals surface area contributed by atoms with Crippen LogP contribution in [0.15, 0.2) is 91.0 Å². The topological polar surface area (TPSA) is 114 Å². The van der Waals surface area contributed by atoms with Crippen LogP contribution in [0.4, 0.5) is 5.69 Å². The Morgan fingerprint density at radius 1 is 0.800 bits per heavy atom. The molecule has 35 heavy (non-hydrogen) atoms. The lowest BCUT2D eigenvalue weighted by molar-refractivity contribution is 0.0224. The Morgan fingerprint density at radius 2 is 1.37 bits per heavy atom. The highest BCUT2D eigenvalue weighted by atomic mass is 32.1. The number of fused-ring (bicyclic) bond motifs is 6. The molecule has 0 saturated carbocycles. The fourth-order valence-corrected chi connectivity index (χ4v) is 4.44. The van der Waals surface area contributed by atoms with Gasteiger partial charge in [-0.15, -0.1) is 0 Å². The summed E-state index contributed by atoms with van der Waals surface area (Å²) in [5.41, 5.74) is 7.45. The van der Waals surface area contributed by atoms with Crippen LogP contribution < -0.4 is 15.8 Å². The third-order valence-corrected chi connectivity index (χ3v) is 5.82. The normalized spacial score (nSPS) is 13.8. The number of para-hydroxylation sites is 1. The van der Waals surface area contributed by atoms with Crippen molar-refractivity contribution >= 4 is 29.0 Å². The second-order valence-corrected chi connectivity index (χ2v) is 8.37. The number of carbonyl (C=O) groups excluding carboxylic acids is 1. The van der Waals surface area contributed by atoms with E-state index in [1.54, 1.807) is 24.3 Å². The van der Waals surface area contributed by atoms with E-state index in [4.69, 9.17) is 15.2 Å². The molecule has 1 spiro atoms. The van der Waals surface area contributed by atoms with Crippen LogP contribution in [0.5, 0.6) is 23.0 Å². The number of hydrogen-bond donors (Lipinski definition) is 4. The Kier molecular flexibility index (Phi) is 5.50. The van der Waals surface area contributed by atoms with Gasteiger partial charge in [0.2, 0.25) is 0 Å². The molecule has 4 aromatic rings. The molecule has 0 radical (unpaired) electrons. The smallest absolute Gasteiger partial charge is 0.340 e. The van der Waals surface area contributed by atoms with Crippen molar-refractivity contribution in [1.82, 2.24) is 0 Å². The zero-order valence-corrected chi connectivity index (χ0v) is 19.1. The van der Waals surface area contributed by atoms with Crippen molar-refractivity contribution in [3.8, 4) is 23.0 Å². The Balaban J connectivity index is 0.000000214. The van der Waals surface area contributed by atoms with Gasteiger partial charge in [-0.05, 0) is 54.7 Å². The van der Waals surface area contributed by atoms with Crippen molar-refractivity contribution in [2.75, 3.05) is 5.32 Å². The molecule has 5 N–H and O–H groups in total. The van der Waals surface area contributed by atoms with Gasteiger partial charge in [0.15, 0.2) is 10.7 Å². The molecule has 174 valence electrons. The van der Waals surface area contributed by atoms with Crippen LogP contribution in [0, 0.1) is 0 Å². The van der Waals surface area contributed by atoms with Crippen molar-refractivity contribution in [2.45, 2.75) is 5.60 Å². The third kappa shape index (κ3) is 3.89. The number of nitrogens with one attached hydrogen (secondary N) is 1. The molecule has 0 fully saturated rings. The molecule has 7 nitrogen and oxygen atoms in total. The van der Waals surface area contributed by atoms with Gasteiger partial charge in [-0.25, -0.2) is 4.79 Å². The van der Waals surface area contributed by atoms with Gasteiger partial charge in [0.05, 0.1) is 5.56 Å². The SMILES string of the molecule is NC(=S)Nc1ccccc1.O=C1OC2(c3ccc(O)cc3Oc3cc(O)ccc32)c2ccccc21. The highest BCUT2D eigenvalue weighted by molar-refractivity contribution is 7.80. The van der Waals surface area contributed by atoms with Gasteiger partial charge >= 0.3 is 5.97 Å². The number of nitrogens with two attached hydrogens (primary N) is 1. The Hall–Kier alpha value is -4.56. The van der Waals surface area contributed by atoms with E-state index in [2.05, 4.69) is 17.5 Å². The summed E-state index contributed by atoms with van der Waals surface area (Å²) in [4.78, 5) is 12.5. The van der Waals surface area contributed by atoms with Gasteiger partial charge in [0, 0.05) is 34.5 Å². The number of aromatic hydroxyl groups is 2. The summed E-state index contributed by atoms with van der Waals surface area (Å²) in [7, 11) is 0. The predicted octanol–water partition coefficient (Wildman–Crippen LogP) is 5.01. The molecular formula is C27H20N2O5S. The maximum absolute atomic E-state index is 12.5. The van der Waals surface area contributed by atoms with Crippen LogP contribution in [-0.4, -0.2) is 21.3 Å². The van der Waals surface area contributed by atoms with Crippen LogP contribution in [-0.2, 0) is 10.3 Å². The highest BCUT2D eigenvalue weighted by Crippen LogP contribution is 2.56. The minimum absolute atomic E-state index is 0.0371. The van der Waals surface area contributed by atoms with E-state index in [1.807, 2.05) is 42.5 Å². The van der Waals surface area contributed by atoms with E-state index in [0.717, 1.165) is 5.69 Å². The van der Waals surface area contributed by atoms with Crippen LogP contribution in [0.2, 0.25) is 0 Å². The molecule has 0 saturated heterocycles. The summed E-state index contributed by atoms with van der Waals surface area (Å²) in [5, 5.41) is 22.8. The van der Waals surface area contributed by atoms with Crippen LogP contribution in [0.1, 0.15) is 27.0 Å². The number of benzene rings is 4. The average molecular weight is 485 g/mol. The maximum Gasteiger partial charge on any atom is 0.340 e. The number of esters is 1. The van der Waals surface area contributed by atoms with Gasteiger partial charge in [0.1, 0.15) is 23.0 Å². The lowest BCUT2D eigenvalue weighted by Crippen LogP contribution is -2.32. The zero-order valence-electron chi connectivity index (χ0n) is 18.3. The standard InChI is InChI=1S/C20H12O5.C7H8N2S/c21-11-5-7-15-17(9-11)24-18-10-12(22)6-8-16(18)20(15)14-4-2-1-3-13(14)19(23)25-20;8-7(10)9-6-4-2-1-3-5-6/h1-10,21-22H;1-5H,(H3,8,9,10). The molecule has 0 bridgehead atoms. The molecule has 0 amide bonds. The lowest BCUT2D eigenvalue weighted by Gasteiger charge is -2.36. The van der Waals surface area contributed by atoms with Gasteiger partial charge in [-0.2, -0.15) is 0 Å².